The van der Waals surface area contributed by atoms with Gasteiger partial charge in [0.1, 0.15) is 11.5 Å². The molecule has 1 heterocycles. The Balaban J connectivity index is 1.76. The molecule has 0 N–H and O–H groups in total. The summed E-state index contributed by atoms with van der Waals surface area (Å²) in [6.45, 7) is 9.18. The van der Waals surface area contributed by atoms with Gasteiger partial charge in [0.25, 0.3) is 0 Å². The molecule has 9 heteroatoms. The minimum atomic E-state index is -5.76. The Morgan fingerprint density at radius 1 is 1.06 bits per heavy atom. The molecule has 0 aromatic carbocycles. The second-order valence-electron chi connectivity index (χ2n) is 11.1. The smallest absolute Gasteiger partial charge is 0.497 e. The number of alkyl halides is 3. The van der Waals surface area contributed by atoms with Gasteiger partial charge in [-0.3, -0.25) is 0 Å². The minimum absolute atomic E-state index is 0.0615. The van der Waals surface area contributed by atoms with E-state index in [1.54, 1.807) is 11.8 Å². The summed E-state index contributed by atoms with van der Waals surface area (Å²) in [4.78, 5) is 0. The molecular weight excluding hydrogens is 461 g/mol. The Bertz CT molecular complexity index is 939. The molecule has 6 atom stereocenters. The third-order valence-electron chi connectivity index (χ3n) is 8.98. The predicted molar refractivity (Wildman–Crippen MR) is 119 cm³/mol. The van der Waals surface area contributed by atoms with E-state index in [1.165, 1.54) is 19.6 Å². The van der Waals surface area contributed by atoms with Crippen LogP contribution in [-0.4, -0.2) is 32.0 Å². The van der Waals surface area contributed by atoms with E-state index >= 15 is 0 Å². The Hall–Kier alpha value is -0.830. The van der Waals surface area contributed by atoms with Crippen molar-refractivity contribution < 1.29 is 30.5 Å². The second kappa shape index (κ2) is 7.59. The average molecular weight is 495 g/mol. The zero-order valence-corrected chi connectivity index (χ0v) is 20.9. The molecule has 1 aliphatic heterocycles. The van der Waals surface area contributed by atoms with Crippen LogP contribution in [0.1, 0.15) is 59.8 Å². The summed E-state index contributed by atoms with van der Waals surface area (Å²) in [6, 6.07) is 0. The monoisotopic (exact) mass is 494 g/mol. The zero-order chi connectivity index (χ0) is 23.7. The molecule has 0 amide bonds. The number of fused-ring (bicyclic) bond motifs is 5. The first kappa shape index (κ1) is 24.3. The molecule has 0 radical (unpaired) electrons. The van der Waals surface area contributed by atoms with Gasteiger partial charge >= 0.3 is 15.6 Å². The van der Waals surface area contributed by atoms with Crippen molar-refractivity contribution in [1.29, 1.82) is 0 Å². The van der Waals surface area contributed by atoms with Crippen LogP contribution in [0.5, 0.6) is 0 Å². The minimum Gasteiger partial charge on any atom is -0.497 e. The lowest BCUT2D eigenvalue weighted by Gasteiger charge is -2.66. The summed E-state index contributed by atoms with van der Waals surface area (Å²) in [5.74, 6) is 1.45. The van der Waals surface area contributed by atoms with E-state index in [9.17, 15) is 21.6 Å². The van der Waals surface area contributed by atoms with E-state index in [0.717, 1.165) is 31.4 Å². The first-order valence-corrected chi connectivity index (χ1v) is 13.7. The van der Waals surface area contributed by atoms with Gasteiger partial charge in [-0.15, -0.1) is 0 Å². The van der Waals surface area contributed by atoms with Crippen molar-refractivity contribution in [2.24, 2.45) is 34.0 Å². The Labute approximate surface area is 193 Å². The van der Waals surface area contributed by atoms with Crippen LogP contribution in [0.15, 0.2) is 23.7 Å². The molecule has 32 heavy (non-hydrogen) atoms. The van der Waals surface area contributed by atoms with Gasteiger partial charge in [0.15, 0.2) is 0 Å². The van der Waals surface area contributed by atoms with Crippen molar-refractivity contribution in [3.63, 3.8) is 0 Å². The third kappa shape index (κ3) is 3.60. The molecule has 0 aromatic heterocycles. The highest BCUT2D eigenvalue weighted by Gasteiger charge is 2.64. The summed E-state index contributed by atoms with van der Waals surface area (Å²) >= 11 is 1.69. The van der Waals surface area contributed by atoms with Gasteiger partial charge in [-0.05, 0) is 65.6 Å². The topological polar surface area (TPSA) is 52.6 Å². The summed E-state index contributed by atoms with van der Waals surface area (Å²) in [7, 11) is -4.34. The highest BCUT2D eigenvalue weighted by atomic mass is 32.2. The SMILES string of the molecule is COC1=CC2SC[C@@H]3[C@@]4(C)CCCC(C)(C)[C@@H]4CC[C@@]3(C)C2C(OS(=O)(=O)C(F)(F)F)=C1. The molecule has 3 aliphatic carbocycles. The van der Waals surface area contributed by atoms with Gasteiger partial charge in [0, 0.05) is 17.2 Å². The molecule has 2 unspecified atom stereocenters. The number of ether oxygens (including phenoxy) is 1. The molecule has 3 fully saturated rings. The summed E-state index contributed by atoms with van der Waals surface area (Å²) in [6.07, 6.45) is 8.51. The largest absolute Gasteiger partial charge is 0.534 e. The van der Waals surface area contributed by atoms with Gasteiger partial charge in [-0.2, -0.15) is 33.4 Å². The Kier molecular flexibility index (Phi) is 5.76. The molecule has 4 rings (SSSR count). The Morgan fingerprint density at radius 3 is 2.38 bits per heavy atom. The van der Waals surface area contributed by atoms with Crippen LogP contribution in [0, 0.1) is 34.0 Å². The van der Waals surface area contributed by atoms with E-state index in [-0.39, 0.29) is 33.2 Å². The van der Waals surface area contributed by atoms with Crippen LogP contribution in [0.2, 0.25) is 0 Å². The lowest BCUT2D eigenvalue weighted by atomic mass is 9.41. The van der Waals surface area contributed by atoms with Crippen LogP contribution in [0.4, 0.5) is 13.2 Å². The van der Waals surface area contributed by atoms with E-state index in [4.69, 9.17) is 8.92 Å². The maximum atomic E-state index is 13.2. The number of halogens is 3. The van der Waals surface area contributed by atoms with Crippen molar-refractivity contribution in [2.75, 3.05) is 12.9 Å². The molecular formula is C23H33F3O4S2. The van der Waals surface area contributed by atoms with Crippen LogP contribution >= 0.6 is 11.8 Å². The van der Waals surface area contributed by atoms with Crippen molar-refractivity contribution >= 4 is 21.9 Å². The summed E-state index contributed by atoms with van der Waals surface area (Å²) in [5.41, 5.74) is -5.56. The quantitative estimate of drug-likeness (QED) is 0.342. The maximum absolute atomic E-state index is 13.2. The summed E-state index contributed by atoms with van der Waals surface area (Å²) < 4.78 is 73.7. The van der Waals surface area contributed by atoms with Crippen LogP contribution in [0.25, 0.3) is 0 Å². The van der Waals surface area contributed by atoms with E-state index < -0.39 is 21.5 Å². The van der Waals surface area contributed by atoms with Crippen LogP contribution in [-0.2, 0) is 19.0 Å². The number of allylic oxidation sites excluding steroid dienone is 2. The molecule has 0 spiro atoms. The molecule has 0 aromatic rings. The average Bonchev–Trinajstić information content (AvgIpc) is 2.65. The van der Waals surface area contributed by atoms with Gasteiger partial charge in [-0.25, -0.2) is 0 Å². The molecule has 2 saturated carbocycles. The van der Waals surface area contributed by atoms with Crippen LogP contribution in [0.3, 0.4) is 0 Å². The normalized spacial score (nSPS) is 41.4. The van der Waals surface area contributed by atoms with Crippen molar-refractivity contribution in [3.05, 3.63) is 23.7 Å². The fourth-order valence-corrected chi connectivity index (χ4v) is 10.1. The lowest BCUT2D eigenvalue weighted by Crippen LogP contribution is -2.61. The number of hydrogen-bond acceptors (Lipinski definition) is 5. The highest BCUT2D eigenvalue weighted by Crippen LogP contribution is 2.70. The number of methoxy groups -OCH3 is 1. The molecule has 0 bridgehead atoms. The van der Waals surface area contributed by atoms with E-state index in [0.29, 0.717) is 11.7 Å². The zero-order valence-electron chi connectivity index (χ0n) is 19.3. The van der Waals surface area contributed by atoms with Crippen molar-refractivity contribution in [2.45, 2.75) is 70.6 Å². The van der Waals surface area contributed by atoms with Gasteiger partial charge in [-0.1, -0.05) is 34.1 Å². The van der Waals surface area contributed by atoms with Gasteiger partial charge < -0.3 is 8.92 Å². The van der Waals surface area contributed by atoms with E-state index in [1.807, 2.05) is 6.08 Å². The standard InChI is InChI=1S/C23H33F3O4S2/c1-20(2)8-6-9-21(3)17(20)7-10-22(4)18(21)13-31-16-12-14(29-5)11-15(19(16)22)30-32(27,28)23(24,25)26/h11-12,16-19H,6-10,13H2,1-5H3/t16?,17-,18+,19?,21-,22+/m0/s1. The first-order chi connectivity index (χ1) is 14.7. The van der Waals surface area contributed by atoms with Gasteiger partial charge in [0.2, 0.25) is 0 Å². The fraction of sp³-hybridized carbons (Fsp3) is 0.826. The van der Waals surface area contributed by atoms with Crippen molar-refractivity contribution in [1.82, 2.24) is 0 Å². The van der Waals surface area contributed by atoms with Gasteiger partial charge in [0.05, 0.1) is 7.11 Å². The fourth-order valence-electron chi connectivity index (χ4n) is 7.57. The molecule has 4 aliphatic rings. The number of rotatable bonds is 3. The van der Waals surface area contributed by atoms with E-state index in [2.05, 4.69) is 27.7 Å². The van der Waals surface area contributed by atoms with Crippen molar-refractivity contribution in [3.8, 4) is 0 Å². The maximum Gasteiger partial charge on any atom is 0.534 e. The predicted octanol–water partition coefficient (Wildman–Crippen LogP) is 6.26. The summed E-state index contributed by atoms with van der Waals surface area (Å²) in [5, 5.41) is -0.189. The van der Waals surface area contributed by atoms with Crippen LogP contribution < -0.4 is 0 Å². The third-order valence-corrected chi connectivity index (χ3v) is 11.3. The molecule has 4 nitrogen and oxygen atoms in total. The molecule has 182 valence electrons. The second-order valence-corrected chi connectivity index (χ2v) is 13.8. The number of thioether (sulfide) groups is 1. The first-order valence-electron chi connectivity index (χ1n) is 11.3. The number of hydrogen-bond donors (Lipinski definition) is 0. The lowest BCUT2D eigenvalue weighted by molar-refractivity contribution is -0.138. The Morgan fingerprint density at radius 2 is 1.75 bits per heavy atom. The highest BCUT2D eigenvalue weighted by molar-refractivity contribution is 8.00. The molecule has 1 saturated heterocycles.